The van der Waals surface area contributed by atoms with Crippen LogP contribution >= 0.6 is 0 Å². The highest BCUT2D eigenvalue weighted by atomic mass is 16.4. The van der Waals surface area contributed by atoms with Gasteiger partial charge in [0.25, 0.3) is 0 Å². The molecule has 10 nitrogen and oxygen atoms in total. The molecular weight excluding hydrogens is 440 g/mol. The summed E-state index contributed by atoms with van der Waals surface area (Å²) in [5.74, 6) is -3.36. The topological polar surface area (TPSA) is 171 Å². The first kappa shape index (κ1) is 26.5. The molecule has 0 saturated heterocycles. The van der Waals surface area contributed by atoms with Crippen molar-refractivity contribution in [2.45, 2.75) is 44.0 Å². The Labute approximate surface area is 197 Å². The average Bonchev–Trinajstić information content (AvgIpc) is 2.81. The number of carboxylic acids is 1. The first-order valence-electron chi connectivity index (χ1n) is 10.8. The summed E-state index contributed by atoms with van der Waals surface area (Å²) in [6, 6.07) is 14.8. The van der Waals surface area contributed by atoms with Crippen molar-refractivity contribution in [2.24, 2.45) is 5.73 Å². The lowest BCUT2D eigenvalue weighted by Gasteiger charge is -2.21. The van der Waals surface area contributed by atoms with Crippen molar-refractivity contribution >= 4 is 23.7 Å². The second kappa shape index (κ2) is 13.1. The molecule has 0 spiro atoms. The molecule has 0 aliphatic carbocycles. The lowest BCUT2D eigenvalue weighted by atomic mass is 10.0. The predicted molar refractivity (Wildman–Crippen MR) is 124 cm³/mol. The van der Waals surface area contributed by atoms with E-state index < -0.39 is 54.5 Å². The summed E-state index contributed by atoms with van der Waals surface area (Å²) < 4.78 is 0. The SMILES string of the molecule is CC(O)C(NC(=O)CNC(=O)C(Cc1ccccc1)NC(=O)C(N)Cc1ccccc1)C(=O)O. The smallest absolute Gasteiger partial charge is 0.328 e. The van der Waals surface area contributed by atoms with Gasteiger partial charge in [-0.3, -0.25) is 14.4 Å². The summed E-state index contributed by atoms with van der Waals surface area (Å²) in [7, 11) is 0. The van der Waals surface area contributed by atoms with Crippen LogP contribution in [-0.2, 0) is 32.0 Å². The van der Waals surface area contributed by atoms with Gasteiger partial charge in [-0.15, -0.1) is 0 Å². The number of nitrogens with two attached hydrogens (primary N) is 1. The molecule has 0 aromatic heterocycles. The van der Waals surface area contributed by atoms with Crippen LogP contribution in [-0.4, -0.2) is 64.7 Å². The lowest BCUT2D eigenvalue weighted by molar-refractivity contribution is -0.144. The highest BCUT2D eigenvalue weighted by molar-refractivity contribution is 5.92. The minimum atomic E-state index is -1.51. The number of nitrogens with one attached hydrogen (secondary N) is 3. The van der Waals surface area contributed by atoms with Crippen LogP contribution < -0.4 is 21.7 Å². The van der Waals surface area contributed by atoms with Gasteiger partial charge in [0.2, 0.25) is 17.7 Å². The van der Waals surface area contributed by atoms with E-state index in [-0.39, 0.29) is 12.8 Å². The van der Waals surface area contributed by atoms with E-state index in [1.807, 2.05) is 36.4 Å². The van der Waals surface area contributed by atoms with Crippen molar-refractivity contribution in [3.63, 3.8) is 0 Å². The van der Waals surface area contributed by atoms with Crippen molar-refractivity contribution in [1.82, 2.24) is 16.0 Å². The Morgan fingerprint density at radius 1 is 0.853 bits per heavy atom. The van der Waals surface area contributed by atoms with Gasteiger partial charge in [0.15, 0.2) is 6.04 Å². The summed E-state index contributed by atoms with van der Waals surface area (Å²) in [4.78, 5) is 48.7. The molecule has 3 amide bonds. The van der Waals surface area contributed by atoms with Crippen molar-refractivity contribution in [2.75, 3.05) is 6.54 Å². The molecule has 0 aliphatic heterocycles. The highest BCUT2D eigenvalue weighted by Gasteiger charge is 2.27. The first-order valence-corrected chi connectivity index (χ1v) is 10.8. The Kier molecular flexibility index (Phi) is 10.2. The number of benzene rings is 2. The van der Waals surface area contributed by atoms with Crippen LogP contribution in [0.25, 0.3) is 0 Å². The molecular formula is C24H30N4O6. The van der Waals surface area contributed by atoms with Gasteiger partial charge in [-0.2, -0.15) is 0 Å². The zero-order valence-electron chi connectivity index (χ0n) is 18.8. The second-order valence-corrected chi connectivity index (χ2v) is 7.89. The fourth-order valence-corrected chi connectivity index (χ4v) is 3.20. The van der Waals surface area contributed by atoms with E-state index in [9.17, 15) is 24.3 Å². The van der Waals surface area contributed by atoms with E-state index in [2.05, 4.69) is 16.0 Å². The molecule has 34 heavy (non-hydrogen) atoms. The van der Waals surface area contributed by atoms with Gasteiger partial charge in [0.05, 0.1) is 18.7 Å². The minimum absolute atomic E-state index is 0.156. The quantitative estimate of drug-likeness (QED) is 0.239. The van der Waals surface area contributed by atoms with E-state index >= 15 is 0 Å². The first-order chi connectivity index (χ1) is 16.2. The van der Waals surface area contributed by atoms with Gasteiger partial charge in [0.1, 0.15) is 6.04 Å². The van der Waals surface area contributed by atoms with Crippen molar-refractivity contribution in [3.05, 3.63) is 71.8 Å². The van der Waals surface area contributed by atoms with Crippen molar-refractivity contribution in [3.8, 4) is 0 Å². The fraction of sp³-hybridized carbons (Fsp3) is 0.333. The molecule has 2 aromatic carbocycles. The molecule has 0 fully saturated rings. The van der Waals surface area contributed by atoms with Crippen molar-refractivity contribution < 1.29 is 29.4 Å². The van der Waals surface area contributed by atoms with Crippen LogP contribution in [0.1, 0.15) is 18.1 Å². The van der Waals surface area contributed by atoms with Gasteiger partial charge in [-0.1, -0.05) is 60.7 Å². The van der Waals surface area contributed by atoms with E-state index in [0.717, 1.165) is 11.1 Å². The molecule has 10 heteroatoms. The van der Waals surface area contributed by atoms with Crippen LogP contribution in [0.2, 0.25) is 0 Å². The number of aliphatic hydroxyl groups is 1. The molecule has 0 saturated carbocycles. The van der Waals surface area contributed by atoms with Gasteiger partial charge in [0, 0.05) is 6.42 Å². The van der Waals surface area contributed by atoms with E-state index in [1.54, 1.807) is 24.3 Å². The summed E-state index contributed by atoms with van der Waals surface area (Å²) in [6.45, 7) is 0.689. The number of hydrogen-bond acceptors (Lipinski definition) is 6. The summed E-state index contributed by atoms with van der Waals surface area (Å²) in [6.07, 6.45) is -0.887. The maximum Gasteiger partial charge on any atom is 0.328 e. The summed E-state index contributed by atoms with van der Waals surface area (Å²) in [5, 5.41) is 25.7. The molecule has 0 radical (unpaired) electrons. The third-order valence-corrected chi connectivity index (χ3v) is 5.04. The number of carbonyl (C=O) groups excluding carboxylic acids is 3. The lowest BCUT2D eigenvalue weighted by Crippen LogP contribution is -2.55. The molecule has 2 aromatic rings. The Bertz CT molecular complexity index is 968. The minimum Gasteiger partial charge on any atom is -0.480 e. The number of carboxylic acid groups (broad SMARTS) is 1. The largest absolute Gasteiger partial charge is 0.480 e. The third-order valence-electron chi connectivity index (χ3n) is 5.04. The summed E-state index contributed by atoms with van der Waals surface area (Å²) in [5.41, 5.74) is 7.69. The molecule has 0 aliphatic rings. The standard InChI is InChI=1S/C24H30N4O6/c1-15(29)21(24(33)34)28-20(30)14-26-23(32)19(13-17-10-6-3-7-11-17)27-22(31)18(25)12-16-8-4-2-5-9-16/h2-11,15,18-19,21,29H,12-14,25H2,1H3,(H,26,32)(H,27,31)(H,28,30)(H,33,34). The van der Waals surface area contributed by atoms with E-state index in [1.165, 1.54) is 6.92 Å². The third kappa shape index (κ3) is 8.64. The van der Waals surface area contributed by atoms with Crippen LogP contribution in [0.5, 0.6) is 0 Å². The molecule has 0 bridgehead atoms. The number of aliphatic hydroxyl groups excluding tert-OH is 1. The maximum atomic E-state index is 12.8. The summed E-state index contributed by atoms with van der Waals surface area (Å²) >= 11 is 0. The number of carbonyl (C=O) groups is 4. The van der Waals surface area contributed by atoms with Crippen LogP contribution in [0.3, 0.4) is 0 Å². The maximum absolute atomic E-state index is 12.8. The number of aliphatic carboxylic acids is 1. The zero-order chi connectivity index (χ0) is 25.1. The Morgan fingerprint density at radius 2 is 1.38 bits per heavy atom. The molecule has 4 atom stereocenters. The van der Waals surface area contributed by atoms with Gasteiger partial charge in [-0.25, -0.2) is 4.79 Å². The number of amides is 3. The molecule has 4 unspecified atom stereocenters. The zero-order valence-corrected chi connectivity index (χ0v) is 18.8. The molecule has 0 heterocycles. The van der Waals surface area contributed by atoms with Gasteiger partial charge < -0.3 is 31.9 Å². The monoisotopic (exact) mass is 470 g/mol. The normalized spacial score (nSPS) is 14.2. The van der Waals surface area contributed by atoms with Gasteiger partial charge >= 0.3 is 5.97 Å². The molecule has 182 valence electrons. The van der Waals surface area contributed by atoms with Gasteiger partial charge in [-0.05, 0) is 24.5 Å². The Morgan fingerprint density at radius 3 is 1.88 bits per heavy atom. The average molecular weight is 471 g/mol. The highest BCUT2D eigenvalue weighted by Crippen LogP contribution is 2.06. The van der Waals surface area contributed by atoms with Crippen LogP contribution in [0.15, 0.2) is 60.7 Å². The van der Waals surface area contributed by atoms with E-state index in [4.69, 9.17) is 10.8 Å². The van der Waals surface area contributed by atoms with Crippen LogP contribution in [0.4, 0.5) is 0 Å². The van der Waals surface area contributed by atoms with Crippen LogP contribution in [0, 0.1) is 0 Å². The number of rotatable bonds is 12. The Balaban J connectivity index is 2.02. The second-order valence-electron chi connectivity index (χ2n) is 7.89. The Hall–Kier alpha value is -3.76. The number of hydrogen-bond donors (Lipinski definition) is 6. The fourth-order valence-electron chi connectivity index (χ4n) is 3.20. The predicted octanol–water partition coefficient (Wildman–Crippen LogP) is -0.650. The molecule has 7 N–H and O–H groups in total. The van der Waals surface area contributed by atoms with Crippen molar-refractivity contribution in [1.29, 1.82) is 0 Å². The van der Waals surface area contributed by atoms with E-state index in [0.29, 0.717) is 0 Å². The molecule has 2 rings (SSSR count).